The predicted octanol–water partition coefficient (Wildman–Crippen LogP) is 4.34. The highest BCUT2D eigenvalue weighted by Crippen LogP contribution is 2.09. The topological polar surface area (TPSA) is 34.1 Å². The Morgan fingerprint density at radius 3 is 1.47 bits per heavy atom. The van der Waals surface area contributed by atoms with Crippen LogP contribution in [0.4, 0.5) is 0 Å². The summed E-state index contributed by atoms with van der Waals surface area (Å²) in [6, 6.07) is 0. The summed E-state index contributed by atoms with van der Waals surface area (Å²) < 4.78 is 23.3. The Morgan fingerprint density at radius 1 is 0.588 bits per heavy atom. The first kappa shape index (κ1) is 16.9. The molecule has 0 aliphatic carbocycles. The van der Waals surface area contributed by atoms with E-state index in [9.17, 15) is 8.42 Å². The SMILES string of the molecule is CCCCCCCCCS(=O)(=O)CCCCC. The van der Waals surface area contributed by atoms with Gasteiger partial charge in [-0.05, 0) is 12.8 Å². The van der Waals surface area contributed by atoms with Crippen molar-refractivity contribution in [3.8, 4) is 0 Å². The molecular weight excluding hydrogens is 232 g/mol. The van der Waals surface area contributed by atoms with Gasteiger partial charge in [0.15, 0.2) is 0 Å². The van der Waals surface area contributed by atoms with Crippen LogP contribution >= 0.6 is 0 Å². The van der Waals surface area contributed by atoms with E-state index in [1.54, 1.807) is 0 Å². The Labute approximate surface area is 108 Å². The highest BCUT2D eigenvalue weighted by molar-refractivity contribution is 7.91. The lowest BCUT2D eigenvalue weighted by Gasteiger charge is -2.04. The third-order valence-electron chi connectivity index (χ3n) is 3.12. The van der Waals surface area contributed by atoms with E-state index in [4.69, 9.17) is 0 Å². The van der Waals surface area contributed by atoms with Crippen molar-refractivity contribution >= 4 is 9.84 Å². The normalized spacial score (nSPS) is 11.9. The Balaban J connectivity index is 3.39. The van der Waals surface area contributed by atoms with Crippen LogP contribution in [0.15, 0.2) is 0 Å². The lowest BCUT2D eigenvalue weighted by Crippen LogP contribution is -2.11. The molecule has 0 aromatic heterocycles. The molecule has 0 radical (unpaired) electrons. The second-order valence-electron chi connectivity index (χ2n) is 4.98. The van der Waals surface area contributed by atoms with Crippen LogP contribution in [-0.2, 0) is 9.84 Å². The lowest BCUT2D eigenvalue weighted by molar-refractivity contribution is 0.576. The fourth-order valence-electron chi connectivity index (χ4n) is 1.95. The molecule has 2 nitrogen and oxygen atoms in total. The van der Waals surface area contributed by atoms with E-state index in [1.165, 1.54) is 32.1 Å². The van der Waals surface area contributed by atoms with Gasteiger partial charge in [-0.1, -0.05) is 65.2 Å². The number of rotatable bonds is 12. The van der Waals surface area contributed by atoms with Gasteiger partial charge in [0.2, 0.25) is 0 Å². The first-order chi connectivity index (χ1) is 8.12. The lowest BCUT2D eigenvalue weighted by atomic mass is 10.1. The van der Waals surface area contributed by atoms with Crippen molar-refractivity contribution in [2.45, 2.75) is 78.1 Å². The molecule has 0 aliphatic heterocycles. The average molecular weight is 262 g/mol. The molecule has 0 aromatic carbocycles. The van der Waals surface area contributed by atoms with Gasteiger partial charge in [-0.15, -0.1) is 0 Å². The monoisotopic (exact) mass is 262 g/mol. The third kappa shape index (κ3) is 12.2. The van der Waals surface area contributed by atoms with Crippen molar-refractivity contribution in [1.29, 1.82) is 0 Å². The molecule has 0 atom stereocenters. The molecular formula is C14H30O2S. The molecule has 0 spiro atoms. The molecule has 0 heterocycles. The maximum absolute atomic E-state index is 11.6. The molecule has 17 heavy (non-hydrogen) atoms. The minimum absolute atomic E-state index is 0.399. The second kappa shape index (κ2) is 11.1. The molecule has 0 amide bonds. The van der Waals surface area contributed by atoms with E-state index >= 15 is 0 Å². The molecule has 3 heteroatoms. The second-order valence-corrected chi connectivity index (χ2v) is 7.28. The van der Waals surface area contributed by atoms with Crippen LogP contribution in [0.3, 0.4) is 0 Å². The smallest absolute Gasteiger partial charge is 0.150 e. The van der Waals surface area contributed by atoms with Gasteiger partial charge in [0, 0.05) is 0 Å². The van der Waals surface area contributed by atoms with Crippen LogP contribution in [0.25, 0.3) is 0 Å². The van der Waals surface area contributed by atoms with Gasteiger partial charge in [-0.2, -0.15) is 0 Å². The van der Waals surface area contributed by atoms with Crippen LogP contribution in [0, 0.1) is 0 Å². The Bertz CT molecular complexity index is 245. The molecule has 0 rings (SSSR count). The fourth-order valence-corrected chi connectivity index (χ4v) is 3.45. The van der Waals surface area contributed by atoms with E-state index in [0.29, 0.717) is 11.5 Å². The van der Waals surface area contributed by atoms with E-state index in [-0.39, 0.29) is 0 Å². The van der Waals surface area contributed by atoms with Gasteiger partial charge in [0.05, 0.1) is 11.5 Å². The quantitative estimate of drug-likeness (QED) is 0.490. The van der Waals surface area contributed by atoms with Crippen molar-refractivity contribution in [2.75, 3.05) is 11.5 Å². The summed E-state index contributed by atoms with van der Waals surface area (Å²) in [6.07, 6.45) is 11.3. The number of unbranched alkanes of at least 4 members (excludes halogenated alkanes) is 8. The van der Waals surface area contributed by atoms with Gasteiger partial charge in [-0.25, -0.2) is 8.42 Å². The molecule has 0 bridgehead atoms. The van der Waals surface area contributed by atoms with Crippen molar-refractivity contribution in [1.82, 2.24) is 0 Å². The fraction of sp³-hybridized carbons (Fsp3) is 1.00. The summed E-state index contributed by atoms with van der Waals surface area (Å²) in [6.45, 7) is 4.31. The van der Waals surface area contributed by atoms with Crippen LogP contribution in [0.5, 0.6) is 0 Å². The summed E-state index contributed by atoms with van der Waals surface area (Å²) in [5.41, 5.74) is 0. The zero-order valence-electron chi connectivity index (χ0n) is 11.7. The predicted molar refractivity (Wildman–Crippen MR) is 76.2 cm³/mol. The Hall–Kier alpha value is -0.0500. The van der Waals surface area contributed by atoms with E-state index in [1.807, 2.05) is 0 Å². The van der Waals surface area contributed by atoms with Crippen LogP contribution in [-0.4, -0.2) is 19.9 Å². The van der Waals surface area contributed by atoms with Gasteiger partial charge >= 0.3 is 0 Å². The van der Waals surface area contributed by atoms with Gasteiger partial charge in [0.1, 0.15) is 9.84 Å². The number of sulfone groups is 1. The summed E-state index contributed by atoms with van der Waals surface area (Å²) in [7, 11) is -2.75. The summed E-state index contributed by atoms with van der Waals surface area (Å²) >= 11 is 0. The van der Waals surface area contributed by atoms with Gasteiger partial charge < -0.3 is 0 Å². The summed E-state index contributed by atoms with van der Waals surface area (Å²) in [4.78, 5) is 0. The summed E-state index contributed by atoms with van der Waals surface area (Å²) in [5, 5.41) is 0. The Morgan fingerprint density at radius 2 is 0.941 bits per heavy atom. The molecule has 0 fully saturated rings. The average Bonchev–Trinajstić information content (AvgIpc) is 2.28. The van der Waals surface area contributed by atoms with Crippen molar-refractivity contribution in [3.05, 3.63) is 0 Å². The summed E-state index contributed by atoms with van der Waals surface area (Å²) in [5.74, 6) is 0.807. The van der Waals surface area contributed by atoms with Crippen molar-refractivity contribution in [2.24, 2.45) is 0 Å². The van der Waals surface area contributed by atoms with Crippen LogP contribution in [0.1, 0.15) is 78.1 Å². The first-order valence-corrected chi connectivity index (χ1v) is 9.15. The zero-order valence-corrected chi connectivity index (χ0v) is 12.5. The maximum atomic E-state index is 11.6. The highest BCUT2D eigenvalue weighted by Gasteiger charge is 2.09. The molecule has 0 aromatic rings. The van der Waals surface area contributed by atoms with Crippen LogP contribution < -0.4 is 0 Å². The van der Waals surface area contributed by atoms with E-state index in [2.05, 4.69) is 13.8 Å². The number of hydrogen-bond donors (Lipinski definition) is 0. The minimum Gasteiger partial charge on any atom is -0.229 e. The van der Waals surface area contributed by atoms with E-state index in [0.717, 1.165) is 32.1 Å². The molecule has 0 N–H and O–H groups in total. The Kier molecular flexibility index (Phi) is 11.0. The maximum Gasteiger partial charge on any atom is 0.150 e. The largest absolute Gasteiger partial charge is 0.229 e. The molecule has 0 saturated carbocycles. The standard InChI is InChI=1S/C14H30O2S/c1-3-5-7-8-9-10-12-14-17(15,16)13-11-6-4-2/h3-14H2,1-2H3. The number of hydrogen-bond acceptors (Lipinski definition) is 2. The minimum atomic E-state index is -2.75. The molecule has 0 aliphatic rings. The highest BCUT2D eigenvalue weighted by atomic mass is 32.2. The molecule has 104 valence electrons. The van der Waals surface area contributed by atoms with Crippen molar-refractivity contribution in [3.63, 3.8) is 0 Å². The van der Waals surface area contributed by atoms with Crippen LogP contribution in [0.2, 0.25) is 0 Å². The zero-order chi connectivity index (χ0) is 13.0. The molecule has 0 unspecified atom stereocenters. The van der Waals surface area contributed by atoms with E-state index < -0.39 is 9.84 Å². The molecule has 0 saturated heterocycles. The third-order valence-corrected chi connectivity index (χ3v) is 4.94. The van der Waals surface area contributed by atoms with Crippen molar-refractivity contribution < 1.29 is 8.42 Å². The van der Waals surface area contributed by atoms with Gasteiger partial charge in [0.25, 0.3) is 0 Å². The van der Waals surface area contributed by atoms with Gasteiger partial charge in [-0.3, -0.25) is 0 Å². The first-order valence-electron chi connectivity index (χ1n) is 7.32.